The van der Waals surface area contributed by atoms with Gasteiger partial charge in [-0.1, -0.05) is 38.1 Å². The van der Waals surface area contributed by atoms with Gasteiger partial charge < -0.3 is 10.6 Å². The van der Waals surface area contributed by atoms with E-state index in [4.69, 9.17) is 0 Å². The van der Waals surface area contributed by atoms with Crippen LogP contribution in [-0.2, 0) is 6.42 Å². The SMILES string of the molecule is CC(C)c1ccc(C[C@@H]2CNCCN2)cc1. The molecule has 0 bridgehead atoms. The van der Waals surface area contributed by atoms with Crippen LogP contribution in [0.4, 0.5) is 0 Å². The molecular formula is C14H22N2. The van der Waals surface area contributed by atoms with E-state index in [-0.39, 0.29) is 0 Å². The second kappa shape index (κ2) is 5.46. The van der Waals surface area contributed by atoms with Crippen LogP contribution in [0.5, 0.6) is 0 Å². The van der Waals surface area contributed by atoms with Gasteiger partial charge in [-0.25, -0.2) is 0 Å². The number of hydrogen-bond acceptors (Lipinski definition) is 2. The minimum absolute atomic E-state index is 0.596. The first-order chi connectivity index (χ1) is 7.75. The van der Waals surface area contributed by atoms with Crippen molar-refractivity contribution < 1.29 is 0 Å². The molecule has 2 heteroatoms. The second-order valence-electron chi connectivity index (χ2n) is 4.96. The largest absolute Gasteiger partial charge is 0.314 e. The van der Waals surface area contributed by atoms with Crippen LogP contribution in [0.15, 0.2) is 24.3 Å². The quantitative estimate of drug-likeness (QED) is 0.810. The third-order valence-electron chi connectivity index (χ3n) is 3.25. The van der Waals surface area contributed by atoms with Gasteiger partial charge in [-0.3, -0.25) is 0 Å². The molecule has 1 aliphatic heterocycles. The Kier molecular flexibility index (Phi) is 3.97. The third kappa shape index (κ3) is 3.06. The fourth-order valence-corrected chi connectivity index (χ4v) is 2.18. The summed E-state index contributed by atoms with van der Waals surface area (Å²) in [5.41, 5.74) is 2.86. The number of rotatable bonds is 3. The van der Waals surface area contributed by atoms with Gasteiger partial charge in [-0.2, -0.15) is 0 Å². The molecule has 1 saturated heterocycles. The van der Waals surface area contributed by atoms with Crippen molar-refractivity contribution in [3.05, 3.63) is 35.4 Å². The smallest absolute Gasteiger partial charge is 0.0233 e. The standard InChI is InChI=1S/C14H22N2/c1-11(2)13-5-3-12(4-6-13)9-14-10-15-7-8-16-14/h3-6,11,14-16H,7-10H2,1-2H3/t14-/m1/s1. The predicted octanol–water partition coefficient (Wildman–Crippen LogP) is 1.91. The lowest BCUT2D eigenvalue weighted by Gasteiger charge is -2.24. The number of benzene rings is 1. The summed E-state index contributed by atoms with van der Waals surface area (Å²) < 4.78 is 0. The van der Waals surface area contributed by atoms with Crippen LogP contribution >= 0.6 is 0 Å². The Morgan fingerprint density at radius 3 is 2.50 bits per heavy atom. The van der Waals surface area contributed by atoms with Gasteiger partial charge in [0.15, 0.2) is 0 Å². The van der Waals surface area contributed by atoms with Gasteiger partial charge in [0.25, 0.3) is 0 Å². The molecule has 88 valence electrons. The molecule has 0 aromatic heterocycles. The maximum atomic E-state index is 3.54. The first-order valence-corrected chi connectivity index (χ1v) is 6.28. The van der Waals surface area contributed by atoms with E-state index in [1.807, 2.05) is 0 Å². The topological polar surface area (TPSA) is 24.1 Å². The lowest BCUT2D eigenvalue weighted by atomic mass is 9.99. The van der Waals surface area contributed by atoms with Crippen molar-refractivity contribution in [3.8, 4) is 0 Å². The molecule has 1 atom stereocenters. The Bertz CT molecular complexity index is 310. The summed E-state index contributed by atoms with van der Waals surface area (Å²) in [5.74, 6) is 0.628. The van der Waals surface area contributed by atoms with Crippen LogP contribution < -0.4 is 10.6 Å². The molecule has 0 spiro atoms. The zero-order valence-electron chi connectivity index (χ0n) is 10.3. The number of nitrogens with one attached hydrogen (secondary N) is 2. The molecule has 0 saturated carbocycles. The van der Waals surface area contributed by atoms with Gasteiger partial charge in [-0.05, 0) is 23.5 Å². The molecule has 1 heterocycles. The maximum Gasteiger partial charge on any atom is 0.0233 e. The maximum absolute atomic E-state index is 3.54. The lowest BCUT2D eigenvalue weighted by molar-refractivity contribution is 0.416. The number of hydrogen-bond donors (Lipinski definition) is 2. The van der Waals surface area contributed by atoms with Gasteiger partial charge in [0.05, 0.1) is 0 Å². The molecule has 2 nitrogen and oxygen atoms in total. The number of piperazine rings is 1. The van der Waals surface area contributed by atoms with Crippen molar-refractivity contribution in [3.63, 3.8) is 0 Å². The van der Waals surface area contributed by atoms with Crippen LogP contribution in [0.1, 0.15) is 30.9 Å². The molecule has 2 N–H and O–H groups in total. The first kappa shape index (κ1) is 11.6. The zero-order chi connectivity index (χ0) is 11.4. The molecule has 0 aliphatic carbocycles. The van der Waals surface area contributed by atoms with Crippen molar-refractivity contribution in [1.82, 2.24) is 10.6 Å². The van der Waals surface area contributed by atoms with Crippen LogP contribution in [0.2, 0.25) is 0 Å². The molecule has 0 radical (unpaired) electrons. The van der Waals surface area contributed by atoms with Crippen molar-refractivity contribution in [1.29, 1.82) is 0 Å². The van der Waals surface area contributed by atoms with Gasteiger partial charge in [0.2, 0.25) is 0 Å². The minimum atomic E-state index is 0.596. The highest BCUT2D eigenvalue weighted by Gasteiger charge is 2.12. The summed E-state index contributed by atoms with van der Waals surface area (Å²) >= 11 is 0. The first-order valence-electron chi connectivity index (χ1n) is 6.28. The van der Waals surface area contributed by atoms with Gasteiger partial charge >= 0.3 is 0 Å². The molecule has 0 unspecified atom stereocenters. The van der Waals surface area contributed by atoms with Gasteiger partial charge in [0.1, 0.15) is 0 Å². The summed E-state index contributed by atoms with van der Waals surface area (Å²) in [4.78, 5) is 0. The average molecular weight is 218 g/mol. The zero-order valence-corrected chi connectivity index (χ0v) is 10.3. The van der Waals surface area contributed by atoms with Crippen LogP contribution in [-0.4, -0.2) is 25.7 Å². The predicted molar refractivity (Wildman–Crippen MR) is 68.9 cm³/mol. The molecule has 1 aliphatic rings. The highest BCUT2D eigenvalue weighted by molar-refractivity contribution is 5.25. The third-order valence-corrected chi connectivity index (χ3v) is 3.25. The minimum Gasteiger partial charge on any atom is -0.314 e. The van der Waals surface area contributed by atoms with E-state index >= 15 is 0 Å². The van der Waals surface area contributed by atoms with Gasteiger partial charge in [0, 0.05) is 25.7 Å². The van der Waals surface area contributed by atoms with Crippen LogP contribution in [0.25, 0.3) is 0 Å². The van der Waals surface area contributed by atoms with E-state index in [0.717, 1.165) is 26.1 Å². The summed E-state index contributed by atoms with van der Waals surface area (Å²) in [5, 5.41) is 6.96. The van der Waals surface area contributed by atoms with E-state index in [9.17, 15) is 0 Å². The molecule has 0 amide bonds. The van der Waals surface area contributed by atoms with E-state index in [0.29, 0.717) is 12.0 Å². The Morgan fingerprint density at radius 2 is 1.94 bits per heavy atom. The highest BCUT2D eigenvalue weighted by atomic mass is 15.0. The molecule has 16 heavy (non-hydrogen) atoms. The summed E-state index contributed by atoms with van der Waals surface area (Å²) in [6.07, 6.45) is 1.13. The molecule has 2 rings (SSSR count). The van der Waals surface area contributed by atoms with Crippen molar-refractivity contribution in [2.45, 2.75) is 32.2 Å². The Balaban J connectivity index is 1.93. The lowest BCUT2D eigenvalue weighted by Crippen LogP contribution is -2.49. The van der Waals surface area contributed by atoms with E-state index in [2.05, 4.69) is 48.7 Å². The molecule has 1 aromatic rings. The Hall–Kier alpha value is -0.860. The van der Waals surface area contributed by atoms with Gasteiger partial charge in [-0.15, -0.1) is 0 Å². The molecule has 1 aromatic carbocycles. The van der Waals surface area contributed by atoms with Crippen molar-refractivity contribution in [2.75, 3.05) is 19.6 Å². The summed E-state index contributed by atoms with van der Waals surface area (Å²) in [6, 6.07) is 9.66. The van der Waals surface area contributed by atoms with Crippen LogP contribution in [0.3, 0.4) is 0 Å². The second-order valence-corrected chi connectivity index (χ2v) is 4.96. The Labute approximate surface area is 98.4 Å². The highest BCUT2D eigenvalue weighted by Crippen LogP contribution is 2.15. The van der Waals surface area contributed by atoms with Crippen LogP contribution in [0, 0.1) is 0 Å². The van der Waals surface area contributed by atoms with E-state index in [1.165, 1.54) is 11.1 Å². The normalized spacial score (nSPS) is 21.3. The summed E-state index contributed by atoms with van der Waals surface area (Å²) in [6.45, 7) is 7.76. The average Bonchev–Trinajstić information content (AvgIpc) is 2.31. The van der Waals surface area contributed by atoms with E-state index < -0.39 is 0 Å². The Morgan fingerprint density at radius 1 is 1.19 bits per heavy atom. The monoisotopic (exact) mass is 218 g/mol. The van der Waals surface area contributed by atoms with Crippen molar-refractivity contribution >= 4 is 0 Å². The van der Waals surface area contributed by atoms with Crippen molar-refractivity contribution in [2.24, 2.45) is 0 Å². The fraction of sp³-hybridized carbons (Fsp3) is 0.571. The molecular weight excluding hydrogens is 196 g/mol. The fourth-order valence-electron chi connectivity index (χ4n) is 2.18. The summed E-state index contributed by atoms with van der Waals surface area (Å²) in [7, 11) is 0. The van der Waals surface area contributed by atoms with E-state index in [1.54, 1.807) is 0 Å². The molecule has 1 fully saturated rings.